The molecule has 0 bridgehead atoms. The van der Waals surface area contributed by atoms with Gasteiger partial charge in [-0.25, -0.2) is 4.79 Å². The molecule has 2 aromatic carbocycles. The van der Waals surface area contributed by atoms with Crippen molar-refractivity contribution in [1.29, 1.82) is 0 Å². The Morgan fingerprint density at radius 2 is 1.94 bits per heavy atom. The smallest absolute Gasteiger partial charge is 0.417 e. The molecule has 1 aromatic heterocycles. The van der Waals surface area contributed by atoms with Crippen molar-refractivity contribution in [1.82, 2.24) is 15.2 Å². The van der Waals surface area contributed by atoms with Crippen molar-refractivity contribution in [2.75, 3.05) is 51.3 Å². The number of unbranched alkanes of at least 4 members (excludes halogenated alkanes) is 1. The van der Waals surface area contributed by atoms with Crippen LogP contribution in [0.15, 0.2) is 57.8 Å². The van der Waals surface area contributed by atoms with Gasteiger partial charge < -0.3 is 19.4 Å². The second kappa shape index (κ2) is 11.8. The second-order valence-corrected chi connectivity index (χ2v) is 8.72. The lowest BCUT2D eigenvalue weighted by molar-refractivity contribution is 0.0951. The molecule has 2 N–H and O–H groups in total. The van der Waals surface area contributed by atoms with Crippen LogP contribution < -0.4 is 20.7 Å². The number of para-hydroxylation sites is 2. The highest BCUT2D eigenvalue weighted by molar-refractivity contribution is 5.99. The second-order valence-electron chi connectivity index (χ2n) is 8.72. The predicted octanol–water partition coefficient (Wildman–Crippen LogP) is 3.58. The van der Waals surface area contributed by atoms with Gasteiger partial charge in [-0.3, -0.25) is 14.7 Å². The summed E-state index contributed by atoms with van der Waals surface area (Å²) in [5.74, 6) is 0.270. The monoisotopic (exact) mass is 478 g/mol. The number of piperazine rings is 1. The Bertz CT molecular complexity index is 1220. The lowest BCUT2D eigenvalue weighted by Crippen LogP contribution is -2.46. The highest BCUT2D eigenvalue weighted by atomic mass is 16.5. The first-order valence-electron chi connectivity index (χ1n) is 12.2. The average molecular weight is 479 g/mol. The number of methoxy groups -OCH3 is 1. The summed E-state index contributed by atoms with van der Waals surface area (Å²) in [6.07, 6.45) is 6.32. The maximum atomic E-state index is 12.9. The molecule has 0 aliphatic carbocycles. The van der Waals surface area contributed by atoms with Crippen molar-refractivity contribution in [3.8, 4) is 5.75 Å². The fraction of sp³-hybridized carbons (Fsp3) is 0.407. The molecule has 0 atom stereocenters. The van der Waals surface area contributed by atoms with Crippen LogP contribution in [0.25, 0.3) is 11.1 Å². The van der Waals surface area contributed by atoms with Gasteiger partial charge in [0.25, 0.3) is 5.91 Å². The van der Waals surface area contributed by atoms with E-state index < -0.39 is 5.76 Å². The van der Waals surface area contributed by atoms with Crippen molar-refractivity contribution in [2.24, 2.45) is 0 Å². The normalized spacial score (nSPS) is 14.6. The van der Waals surface area contributed by atoms with Crippen molar-refractivity contribution >= 4 is 22.7 Å². The minimum Gasteiger partial charge on any atom is -0.495 e. The third-order valence-electron chi connectivity index (χ3n) is 6.48. The van der Waals surface area contributed by atoms with E-state index in [1.807, 2.05) is 37.3 Å². The third-order valence-corrected chi connectivity index (χ3v) is 6.48. The average Bonchev–Trinajstić information content (AvgIpc) is 3.27. The van der Waals surface area contributed by atoms with Gasteiger partial charge in [0, 0.05) is 43.9 Å². The summed E-state index contributed by atoms with van der Waals surface area (Å²) < 4.78 is 10.8. The largest absolute Gasteiger partial charge is 0.495 e. The maximum absolute atomic E-state index is 12.9. The van der Waals surface area contributed by atoms with E-state index in [1.54, 1.807) is 19.2 Å². The molecule has 0 spiro atoms. The summed E-state index contributed by atoms with van der Waals surface area (Å²) in [7, 11) is 1.72. The van der Waals surface area contributed by atoms with Gasteiger partial charge in [-0.2, -0.15) is 0 Å². The van der Waals surface area contributed by atoms with Crippen molar-refractivity contribution in [2.45, 2.75) is 26.2 Å². The quantitative estimate of drug-likeness (QED) is 0.342. The van der Waals surface area contributed by atoms with Crippen LogP contribution in [0.4, 0.5) is 5.69 Å². The number of hydrogen-bond acceptors (Lipinski definition) is 6. The third kappa shape index (κ3) is 5.95. The molecule has 0 saturated carbocycles. The van der Waals surface area contributed by atoms with Crippen LogP contribution in [0, 0.1) is 0 Å². The van der Waals surface area contributed by atoms with Gasteiger partial charge in [0.2, 0.25) is 0 Å². The van der Waals surface area contributed by atoms with Crippen LogP contribution in [0.5, 0.6) is 5.75 Å². The summed E-state index contributed by atoms with van der Waals surface area (Å²) in [6, 6.07) is 11.6. The summed E-state index contributed by atoms with van der Waals surface area (Å²) in [6.45, 7) is 7.53. The predicted molar refractivity (Wildman–Crippen MR) is 139 cm³/mol. The molecule has 1 aliphatic rings. The SMILES string of the molecule is C/C=C/Cc1c(C(=O)NCCCCN2CCN(c3ccccc3OC)CC2)ccc2[nH]c(=O)oc12. The molecular formula is C27H34N4O4. The molecule has 4 rings (SSSR count). The first-order valence-corrected chi connectivity index (χ1v) is 12.2. The summed E-state index contributed by atoms with van der Waals surface area (Å²) in [4.78, 5) is 32.0. The fourth-order valence-corrected chi connectivity index (χ4v) is 4.58. The maximum Gasteiger partial charge on any atom is 0.417 e. The standard InChI is InChI=1S/C27H34N4O4/c1-3-4-9-20-21(12-13-22-25(20)35-27(33)29-22)26(32)28-14-7-8-15-30-16-18-31(19-17-30)23-10-5-6-11-24(23)34-2/h3-6,10-13H,7-9,14-19H2,1-2H3,(H,28,32)(H,29,33)/b4-3+. The Labute approximate surface area is 205 Å². The van der Waals surface area contributed by atoms with Crippen LogP contribution >= 0.6 is 0 Å². The number of hydrogen-bond donors (Lipinski definition) is 2. The molecule has 8 heteroatoms. The van der Waals surface area contributed by atoms with Crippen LogP contribution in [-0.2, 0) is 6.42 Å². The lowest BCUT2D eigenvalue weighted by Gasteiger charge is -2.36. The van der Waals surface area contributed by atoms with Gasteiger partial charge in [-0.05, 0) is 57.0 Å². The number of oxazole rings is 1. The molecule has 1 amide bonds. The number of benzene rings is 2. The lowest BCUT2D eigenvalue weighted by atomic mass is 10.0. The number of allylic oxidation sites excluding steroid dienone is 2. The molecule has 1 aliphatic heterocycles. The van der Waals surface area contributed by atoms with E-state index in [1.165, 1.54) is 0 Å². The van der Waals surface area contributed by atoms with E-state index in [0.29, 0.717) is 29.6 Å². The number of ether oxygens (including phenoxy) is 1. The van der Waals surface area contributed by atoms with Crippen LogP contribution in [-0.4, -0.2) is 62.2 Å². The van der Waals surface area contributed by atoms with Crippen molar-refractivity contribution in [3.05, 3.63) is 70.2 Å². The summed E-state index contributed by atoms with van der Waals surface area (Å²) in [5.41, 5.74) is 3.49. The van der Waals surface area contributed by atoms with Crippen LogP contribution in [0.3, 0.4) is 0 Å². The molecular weight excluding hydrogens is 444 g/mol. The number of aromatic amines is 1. The number of rotatable bonds is 10. The van der Waals surface area contributed by atoms with Gasteiger partial charge in [0.15, 0.2) is 5.58 Å². The van der Waals surface area contributed by atoms with E-state index in [9.17, 15) is 9.59 Å². The van der Waals surface area contributed by atoms with Gasteiger partial charge in [-0.15, -0.1) is 0 Å². The first kappa shape index (κ1) is 24.6. The Hall–Kier alpha value is -3.52. The topological polar surface area (TPSA) is 90.8 Å². The Morgan fingerprint density at radius 3 is 2.71 bits per heavy atom. The Balaban J connectivity index is 1.23. The number of fused-ring (bicyclic) bond motifs is 1. The minimum absolute atomic E-state index is 0.138. The number of carbonyl (C=O) groups is 1. The molecule has 2 heterocycles. The molecule has 0 unspecified atom stereocenters. The van der Waals surface area contributed by atoms with Gasteiger partial charge in [0.05, 0.1) is 18.3 Å². The van der Waals surface area contributed by atoms with Crippen LogP contribution in [0.2, 0.25) is 0 Å². The minimum atomic E-state index is -0.511. The van der Waals surface area contributed by atoms with E-state index in [2.05, 4.69) is 26.2 Å². The zero-order valence-electron chi connectivity index (χ0n) is 20.5. The number of nitrogens with zero attached hydrogens (tertiary/aromatic N) is 2. The van der Waals surface area contributed by atoms with Gasteiger partial charge in [0.1, 0.15) is 5.75 Å². The number of carbonyl (C=O) groups excluding carboxylic acids is 1. The number of nitrogens with one attached hydrogen (secondary N) is 2. The zero-order chi connectivity index (χ0) is 24.6. The van der Waals surface area contributed by atoms with E-state index in [0.717, 1.165) is 62.6 Å². The summed E-state index contributed by atoms with van der Waals surface area (Å²) >= 11 is 0. The summed E-state index contributed by atoms with van der Waals surface area (Å²) in [5, 5.41) is 3.03. The number of amides is 1. The highest BCUT2D eigenvalue weighted by Gasteiger charge is 2.19. The molecule has 0 radical (unpaired) electrons. The van der Waals surface area contributed by atoms with Gasteiger partial charge in [-0.1, -0.05) is 24.3 Å². The molecule has 8 nitrogen and oxygen atoms in total. The van der Waals surface area contributed by atoms with E-state index >= 15 is 0 Å². The molecule has 1 fully saturated rings. The van der Waals surface area contributed by atoms with E-state index in [-0.39, 0.29) is 5.91 Å². The van der Waals surface area contributed by atoms with Crippen molar-refractivity contribution < 1.29 is 13.9 Å². The van der Waals surface area contributed by atoms with Crippen molar-refractivity contribution in [3.63, 3.8) is 0 Å². The van der Waals surface area contributed by atoms with Crippen LogP contribution in [0.1, 0.15) is 35.7 Å². The Morgan fingerprint density at radius 1 is 1.14 bits per heavy atom. The fourth-order valence-electron chi connectivity index (χ4n) is 4.58. The number of anilines is 1. The molecule has 1 saturated heterocycles. The Kier molecular flexibility index (Phi) is 8.26. The molecule has 3 aromatic rings. The number of aromatic nitrogens is 1. The highest BCUT2D eigenvalue weighted by Crippen LogP contribution is 2.28. The van der Waals surface area contributed by atoms with Gasteiger partial charge >= 0.3 is 5.76 Å². The number of H-pyrrole nitrogens is 1. The first-order chi connectivity index (χ1) is 17.1. The van der Waals surface area contributed by atoms with E-state index in [4.69, 9.17) is 9.15 Å². The molecule has 186 valence electrons. The zero-order valence-corrected chi connectivity index (χ0v) is 20.5. The molecule has 35 heavy (non-hydrogen) atoms.